The van der Waals surface area contributed by atoms with Gasteiger partial charge in [0.05, 0.1) is 0 Å². The van der Waals surface area contributed by atoms with Gasteiger partial charge in [-0.05, 0) is 116 Å². The van der Waals surface area contributed by atoms with Crippen molar-refractivity contribution in [1.82, 2.24) is 0 Å². The van der Waals surface area contributed by atoms with Crippen molar-refractivity contribution >= 4 is 28.8 Å². The summed E-state index contributed by atoms with van der Waals surface area (Å²) >= 11 is 0. The Balaban J connectivity index is 1.81. The number of benzene rings is 4. The molecular formula is C44H52Si. The highest BCUT2D eigenvalue weighted by Crippen LogP contribution is 2.52. The summed E-state index contributed by atoms with van der Waals surface area (Å²) in [5.74, 6) is 1.92. The summed E-state index contributed by atoms with van der Waals surface area (Å²) in [5, 5.41) is 6.31. The molecular weight excluding hydrogens is 557 g/mol. The fourth-order valence-electron chi connectivity index (χ4n) is 8.41. The molecule has 0 nitrogen and oxygen atoms in total. The van der Waals surface area contributed by atoms with E-state index in [9.17, 15) is 0 Å². The SMILES string of the molecule is CC1=C([Si](C2=C(C)Cc3cc(C(C)C)cc(C(C)C)c32)(c2ccccc2)c2ccccc2)c2c(cc(C(C)C)cc2C(C)C)C1. The Morgan fingerprint density at radius 2 is 0.822 bits per heavy atom. The van der Waals surface area contributed by atoms with Crippen LogP contribution in [0.2, 0.25) is 0 Å². The Hall–Kier alpha value is -3.42. The molecule has 0 N–H and O–H groups in total. The summed E-state index contributed by atoms with van der Waals surface area (Å²) in [6.07, 6.45) is 2.09. The average molecular weight is 609 g/mol. The molecule has 4 aromatic rings. The molecule has 0 amide bonds. The summed E-state index contributed by atoms with van der Waals surface area (Å²) in [4.78, 5) is 0. The molecule has 232 valence electrons. The molecule has 0 radical (unpaired) electrons. The smallest absolute Gasteiger partial charge is 0.0679 e. The molecule has 0 spiro atoms. The normalized spacial score (nSPS) is 14.9. The molecule has 0 unspecified atom stereocenters. The number of hydrogen-bond donors (Lipinski definition) is 0. The second kappa shape index (κ2) is 12.1. The highest BCUT2D eigenvalue weighted by atomic mass is 28.3. The van der Waals surface area contributed by atoms with Gasteiger partial charge in [0.2, 0.25) is 0 Å². The molecule has 45 heavy (non-hydrogen) atoms. The van der Waals surface area contributed by atoms with Gasteiger partial charge in [0.25, 0.3) is 0 Å². The maximum Gasteiger partial charge on any atom is 0.180 e. The van der Waals surface area contributed by atoms with Crippen LogP contribution in [0.15, 0.2) is 96.1 Å². The van der Waals surface area contributed by atoms with Crippen LogP contribution in [0.1, 0.15) is 137 Å². The van der Waals surface area contributed by atoms with Gasteiger partial charge < -0.3 is 0 Å². The molecule has 4 aromatic carbocycles. The Morgan fingerprint density at radius 3 is 1.13 bits per heavy atom. The molecule has 2 aliphatic carbocycles. The summed E-state index contributed by atoms with van der Waals surface area (Å²) < 4.78 is 0. The van der Waals surface area contributed by atoms with E-state index < -0.39 is 8.07 Å². The fraction of sp³-hybridized carbons (Fsp3) is 0.364. The van der Waals surface area contributed by atoms with Crippen molar-refractivity contribution in [1.29, 1.82) is 0 Å². The molecule has 0 saturated heterocycles. The monoisotopic (exact) mass is 608 g/mol. The van der Waals surface area contributed by atoms with Gasteiger partial charge in [0, 0.05) is 0 Å². The average Bonchev–Trinajstić information content (AvgIpc) is 3.53. The lowest BCUT2D eigenvalue weighted by molar-refractivity contribution is 0.828. The molecule has 0 bridgehead atoms. The van der Waals surface area contributed by atoms with E-state index in [-0.39, 0.29) is 0 Å². The molecule has 0 atom stereocenters. The summed E-state index contributed by atoms with van der Waals surface area (Å²) in [7, 11) is -2.79. The van der Waals surface area contributed by atoms with Crippen LogP contribution < -0.4 is 10.4 Å². The van der Waals surface area contributed by atoms with Gasteiger partial charge in [-0.15, -0.1) is 0 Å². The second-order valence-electron chi connectivity index (χ2n) is 15.1. The van der Waals surface area contributed by atoms with Crippen LogP contribution in [0, 0.1) is 0 Å². The molecule has 0 aromatic heterocycles. The van der Waals surface area contributed by atoms with Crippen LogP contribution in [0.5, 0.6) is 0 Å². The minimum Gasteiger partial charge on any atom is -0.0679 e. The van der Waals surface area contributed by atoms with E-state index in [2.05, 4.69) is 154 Å². The van der Waals surface area contributed by atoms with Gasteiger partial charge in [-0.1, -0.05) is 151 Å². The molecule has 0 saturated carbocycles. The summed E-state index contributed by atoms with van der Waals surface area (Å²) in [5.41, 5.74) is 15.3. The Bertz CT molecular complexity index is 1660. The van der Waals surface area contributed by atoms with E-state index in [1.807, 2.05) is 0 Å². The first-order valence-corrected chi connectivity index (χ1v) is 19.3. The fourth-order valence-corrected chi connectivity index (χ4v) is 14.3. The van der Waals surface area contributed by atoms with E-state index in [1.54, 1.807) is 32.7 Å². The zero-order chi connectivity index (χ0) is 32.2. The maximum atomic E-state index is 2.56. The van der Waals surface area contributed by atoms with Crippen molar-refractivity contribution in [2.75, 3.05) is 0 Å². The lowest BCUT2D eigenvalue weighted by Gasteiger charge is -2.40. The van der Waals surface area contributed by atoms with E-state index >= 15 is 0 Å². The van der Waals surface area contributed by atoms with Crippen molar-refractivity contribution in [2.24, 2.45) is 0 Å². The van der Waals surface area contributed by atoms with Gasteiger partial charge in [-0.25, -0.2) is 0 Å². The topological polar surface area (TPSA) is 0 Å². The van der Waals surface area contributed by atoms with Crippen LogP contribution in [0.4, 0.5) is 0 Å². The van der Waals surface area contributed by atoms with E-state index in [0.717, 1.165) is 12.8 Å². The molecule has 0 fully saturated rings. The first kappa shape index (κ1) is 31.6. The predicted octanol–water partition coefficient (Wildman–Crippen LogP) is 10.9. The van der Waals surface area contributed by atoms with Crippen molar-refractivity contribution in [3.05, 3.63) is 141 Å². The highest BCUT2D eigenvalue weighted by Gasteiger charge is 2.51. The van der Waals surface area contributed by atoms with Crippen LogP contribution in [-0.4, -0.2) is 8.07 Å². The zero-order valence-corrected chi connectivity index (χ0v) is 30.3. The third kappa shape index (κ3) is 5.12. The van der Waals surface area contributed by atoms with Gasteiger partial charge in [-0.3, -0.25) is 0 Å². The third-order valence-electron chi connectivity index (χ3n) is 10.6. The maximum absolute atomic E-state index is 2.79. The highest BCUT2D eigenvalue weighted by molar-refractivity contribution is 7.26. The van der Waals surface area contributed by atoms with Gasteiger partial charge >= 0.3 is 0 Å². The third-order valence-corrected chi connectivity index (χ3v) is 15.8. The van der Waals surface area contributed by atoms with Crippen LogP contribution in [-0.2, 0) is 12.8 Å². The minimum absolute atomic E-state index is 0.447. The van der Waals surface area contributed by atoms with E-state index in [4.69, 9.17) is 0 Å². The van der Waals surface area contributed by atoms with E-state index in [0.29, 0.717) is 23.7 Å². The van der Waals surface area contributed by atoms with Crippen LogP contribution in [0.25, 0.3) is 10.4 Å². The van der Waals surface area contributed by atoms with Crippen molar-refractivity contribution in [2.45, 2.75) is 106 Å². The Kier molecular flexibility index (Phi) is 8.46. The first-order chi connectivity index (χ1) is 21.5. The van der Waals surface area contributed by atoms with Gasteiger partial charge in [0.1, 0.15) is 0 Å². The van der Waals surface area contributed by atoms with E-state index in [1.165, 1.54) is 43.8 Å². The number of rotatable bonds is 8. The lowest BCUT2D eigenvalue weighted by atomic mass is 9.89. The van der Waals surface area contributed by atoms with Gasteiger partial charge in [0.15, 0.2) is 8.07 Å². The quantitative estimate of drug-likeness (QED) is 0.175. The standard InChI is InChI=1S/C44H52Si/c1-27(2)33-23-35-21-31(9)43(41(35)39(25-33)29(5)6)45(37-17-13-11-14-18-37,38-19-15-12-16-20-38)44-32(10)22-36-24-34(28(3)4)26-40(30(7)8)42(36)44/h11-20,23-30H,21-22H2,1-10H3. The zero-order valence-electron chi connectivity index (χ0n) is 29.3. The van der Waals surface area contributed by atoms with Crippen molar-refractivity contribution in [3.8, 4) is 0 Å². The molecule has 0 heterocycles. The van der Waals surface area contributed by atoms with Crippen molar-refractivity contribution < 1.29 is 0 Å². The number of hydrogen-bond acceptors (Lipinski definition) is 0. The minimum atomic E-state index is -2.79. The largest absolute Gasteiger partial charge is 0.180 e. The second-order valence-corrected chi connectivity index (χ2v) is 18.7. The summed E-state index contributed by atoms with van der Waals surface area (Å²) in [6.45, 7) is 23.9. The Labute approximate surface area is 274 Å². The molecule has 1 heteroatoms. The summed E-state index contributed by atoms with van der Waals surface area (Å²) in [6, 6.07) is 33.6. The van der Waals surface area contributed by atoms with Crippen LogP contribution in [0.3, 0.4) is 0 Å². The predicted molar refractivity (Wildman–Crippen MR) is 200 cm³/mol. The number of allylic oxidation sites excluding steroid dienone is 2. The van der Waals surface area contributed by atoms with Gasteiger partial charge in [-0.2, -0.15) is 0 Å². The molecule has 0 aliphatic heterocycles. The molecule has 2 aliphatic rings. The first-order valence-electron chi connectivity index (χ1n) is 17.3. The number of fused-ring (bicyclic) bond motifs is 2. The van der Waals surface area contributed by atoms with Crippen molar-refractivity contribution in [3.63, 3.8) is 0 Å². The Morgan fingerprint density at radius 1 is 0.467 bits per heavy atom. The molecule has 6 rings (SSSR count). The van der Waals surface area contributed by atoms with Crippen LogP contribution >= 0.6 is 0 Å². The lowest BCUT2D eigenvalue weighted by Crippen LogP contribution is -2.61.